The number of aliphatic hydroxyl groups is 5. The van der Waals surface area contributed by atoms with Crippen LogP contribution in [0, 0.1) is 11.3 Å². The Hall–Kier alpha value is -3.77. The van der Waals surface area contributed by atoms with Gasteiger partial charge < -0.3 is 81.2 Å². The Kier molecular flexibility index (Phi) is 20.3. The van der Waals surface area contributed by atoms with Crippen molar-refractivity contribution in [3.8, 4) is 0 Å². The lowest BCUT2D eigenvalue weighted by molar-refractivity contribution is -0.308. The van der Waals surface area contributed by atoms with Crippen molar-refractivity contribution in [1.82, 2.24) is 4.90 Å². The second kappa shape index (κ2) is 24.0. The number of carboxylic acids is 1. The lowest BCUT2D eigenvalue weighted by Gasteiger charge is -2.45. The number of rotatable bonds is 3. The predicted molar refractivity (Wildman–Crippen MR) is 218 cm³/mol. The topological polar surface area (TPSA) is 332 Å². The number of carbonyl (C=O) groups is 2. The average molecular weight is 873 g/mol. The third-order valence-corrected chi connectivity index (χ3v) is 10.1. The first-order chi connectivity index (χ1) is 28.0. The fourth-order valence-corrected chi connectivity index (χ4v) is 6.97. The van der Waals surface area contributed by atoms with E-state index < -0.39 is 97.3 Å². The summed E-state index contributed by atoms with van der Waals surface area (Å²) in [4.78, 5) is 29.8. The van der Waals surface area contributed by atoms with Gasteiger partial charge >= 0.3 is 11.9 Å². The number of hydrogen-bond acceptors (Lipinski definition) is 15. The number of nitrogens with two attached hydrogens (primary N) is 3. The number of nitrogens with one attached hydrogen (secondary N) is 1. The van der Waals surface area contributed by atoms with E-state index in [0.29, 0.717) is 32.7 Å². The number of esters is 1. The second-order valence-electron chi connectivity index (χ2n) is 15.0. The predicted octanol–water partition coefficient (Wildman–Crippen LogP) is -0.932. The summed E-state index contributed by atoms with van der Waals surface area (Å²) in [6, 6.07) is -1.08. The highest BCUT2D eigenvalue weighted by molar-refractivity contribution is 5.91. The standard InChI is InChI=1S/C33H47NO13.C6H13N5O.ClH/c1-18-10-8-6-4-3-5-7-9-11-21(45-32-30(39)28(34)29(38)19(2)44-32)15-25-27(31(40)41)22(36)17-33(42,47-25)16-20(35)14-24-23(46-24)12-13-26(37)43-18;7-5(8)10-6(9)11-1-3-12-4-2-11;/h3-9,11-13,18-25,27-30,32,35-36,38-39,42H,10,14-17,34H2,1-2H3,(H,40,41);1-4H2,(H5,7,8,9,10);1H/b4-3+,7-5+,8-6+,11-9+,13-12+;;/t18-,19-,20+,21+,22+,23-,24-,25+,27-,28+,29-,30+,32+,33-;;/m1../s1. The van der Waals surface area contributed by atoms with Gasteiger partial charge in [-0.15, -0.1) is 12.4 Å². The Bertz CT molecular complexity index is 1590. The van der Waals surface area contributed by atoms with Crippen LogP contribution in [0.2, 0.25) is 0 Å². The molecule has 0 aromatic carbocycles. The number of hydrogen-bond donors (Lipinski definition) is 10. The fraction of sp³-hybridized carbons (Fsp3) is 0.641. The van der Waals surface area contributed by atoms with Gasteiger partial charge in [-0.05, 0) is 19.9 Å². The number of aliphatic imine (C=N–C) groups is 1. The fourth-order valence-electron chi connectivity index (χ4n) is 6.97. The number of cyclic esters (lactones) is 1. The van der Waals surface area contributed by atoms with E-state index in [1.165, 1.54) is 12.2 Å². The first-order valence-corrected chi connectivity index (χ1v) is 19.6. The van der Waals surface area contributed by atoms with Crippen molar-refractivity contribution in [2.45, 2.75) is 125 Å². The van der Waals surface area contributed by atoms with Crippen molar-refractivity contribution >= 4 is 36.3 Å². The number of epoxide rings is 1. The van der Waals surface area contributed by atoms with E-state index in [2.05, 4.69) is 4.99 Å². The van der Waals surface area contributed by atoms with E-state index in [-0.39, 0.29) is 49.7 Å². The number of allylic oxidation sites excluding steroid dienone is 6. The monoisotopic (exact) mass is 872 g/mol. The van der Waals surface area contributed by atoms with Crippen molar-refractivity contribution in [2.75, 3.05) is 26.3 Å². The molecule has 4 saturated heterocycles. The van der Waals surface area contributed by atoms with Crippen LogP contribution in [-0.2, 0) is 38.0 Å². The quantitative estimate of drug-likeness (QED) is 0.0709. The maximum atomic E-state index is 12.3. The smallest absolute Gasteiger partial charge is 0.330 e. The minimum Gasteiger partial charge on any atom is -0.481 e. The Morgan fingerprint density at radius 2 is 1.62 bits per heavy atom. The second-order valence-corrected chi connectivity index (χ2v) is 15.0. The van der Waals surface area contributed by atoms with Gasteiger partial charge in [-0.1, -0.05) is 48.6 Å². The zero-order valence-corrected chi connectivity index (χ0v) is 34.4. The van der Waals surface area contributed by atoms with Crippen molar-refractivity contribution in [1.29, 1.82) is 5.41 Å². The number of ether oxygens (including phenoxy) is 6. The van der Waals surface area contributed by atoms with E-state index in [9.17, 15) is 40.2 Å². The third kappa shape index (κ3) is 15.9. The van der Waals surface area contributed by atoms with Gasteiger partial charge in [0.05, 0.1) is 62.0 Å². The largest absolute Gasteiger partial charge is 0.481 e. The van der Waals surface area contributed by atoms with Crippen LogP contribution in [0.15, 0.2) is 65.8 Å². The highest BCUT2D eigenvalue weighted by atomic mass is 35.5. The lowest BCUT2D eigenvalue weighted by atomic mass is 9.83. The first kappa shape index (κ1) is 50.6. The lowest BCUT2D eigenvalue weighted by Crippen LogP contribution is -2.61. The van der Waals surface area contributed by atoms with E-state index in [4.69, 9.17) is 51.0 Å². The van der Waals surface area contributed by atoms with Crippen LogP contribution in [0.5, 0.6) is 0 Å². The summed E-state index contributed by atoms with van der Waals surface area (Å²) >= 11 is 0. The van der Waals surface area contributed by atoms with Gasteiger partial charge in [0.25, 0.3) is 0 Å². The molecule has 60 heavy (non-hydrogen) atoms. The summed E-state index contributed by atoms with van der Waals surface area (Å²) in [7, 11) is 0. The Morgan fingerprint density at radius 3 is 2.28 bits per heavy atom. The summed E-state index contributed by atoms with van der Waals surface area (Å²) < 4.78 is 33.6. The van der Waals surface area contributed by atoms with Crippen molar-refractivity contribution in [2.24, 2.45) is 28.1 Å². The minimum absolute atomic E-state index is 0. The third-order valence-electron chi connectivity index (χ3n) is 10.1. The van der Waals surface area contributed by atoms with Crippen LogP contribution in [0.25, 0.3) is 0 Å². The molecule has 0 aromatic heterocycles. The van der Waals surface area contributed by atoms with Gasteiger partial charge in [0.2, 0.25) is 5.96 Å². The maximum absolute atomic E-state index is 12.3. The van der Waals surface area contributed by atoms with E-state index in [0.717, 1.165) is 0 Å². The molecule has 0 aliphatic carbocycles. The van der Waals surface area contributed by atoms with Gasteiger partial charge in [0.15, 0.2) is 18.0 Å². The van der Waals surface area contributed by atoms with Crippen molar-refractivity contribution in [3.05, 3.63) is 60.8 Å². The molecule has 4 fully saturated rings. The van der Waals surface area contributed by atoms with Gasteiger partial charge in [-0.2, -0.15) is 4.99 Å². The molecule has 20 nitrogen and oxygen atoms in total. The number of aliphatic hydroxyl groups excluding tert-OH is 4. The molecule has 0 radical (unpaired) electrons. The maximum Gasteiger partial charge on any atom is 0.330 e. The number of aliphatic carboxylic acids is 1. The molecule has 0 aromatic rings. The molecule has 5 heterocycles. The van der Waals surface area contributed by atoms with Crippen LogP contribution in [0.1, 0.15) is 46.0 Å². The SMILES string of the molecule is C[C@@H]1C/C=C/C=C/C=C/C=C/[C@H](O[C@@H]2O[C@H](C)[C@@H](O)[C@H](N)[C@@H]2O)C[C@@H]2O[C@](O)(C[C@@H](O)C[C@H]3O[C@@H]3/C=C/C(=O)O1)C[C@H](O)[C@H]2C(=O)O.Cl.N=C(N=C(N)N)N1CCOCC1. The van der Waals surface area contributed by atoms with Crippen LogP contribution in [0.3, 0.4) is 0 Å². The molecule has 338 valence electrons. The normalized spacial score (nSPS) is 40.4. The molecule has 5 aliphatic rings. The number of guanidine groups is 2. The van der Waals surface area contributed by atoms with Gasteiger partial charge in [0.1, 0.15) is 24.2 Å². The summed E-state index contributed by atoms with van der Waals surface area (Å²) in [6.07, 6.45) is 5.25. The number of carboxylic acid groups (broad SMARTS) is 1. The Labute approximate surface area is 354 Å². The van der Waals surface area contributed by atoms with E-state index in [1.54, 1.807) is 61.3 Å². The number of carbonyl (C=O) groups excluding carboxylic acids is 1. The molecule has 5 rings (SSSR count). The zero-order chi connectivity index (χ0) is 43.3. The summed E-state index contributed by atoms with van der Waals surface area (Å²) in [5.41, 5.74) is 16.2. The molecule has 0 saturated carbocycles. The van der Waals surface area contributed by atoms with Crippen molar-refractivity contribution < 1.29 is 68.6 Å². The molecule has 5 aliphatic heterocycles. The molecule has 0 amide bonds. The molecule has 14 atom stereocenters. The number of morpholine rings is 1. The Balaban J connectivity index is 0.000000635. The number of halogens is 1. The molecule has 0 spiro atoms. The zero-order valence-electron chi connectivity index (χ0n) is 33.6. The van der Waals surface area contributed by atoms with Crippen LogP contribution in [0.4, 0.5) is 0 Å². The van der Waals surface area contributed by atoms with Gasteiger partial charge in [-0.25, -0.2) is 4.79 Å². The minimum atomic E-state index is -2.10. The van der Waals surface area contributed by atoms with E-state index >= 15 is 0 Å². The number of fused-ring (bicyclic) bond motifs is 3. The molecule has 13 N–H and O–H groups in total. The first-order valence-electron chi connectivity index (χ1n) is 19.6. The molecular weight excluding hydrogens is 812 g/mol. The highest BCUT2D eigenvalue weighted by Crippen LogP contribution is 2.39. The van der Waals surface area contributed by atoms with Crippen LogP contribution >= 0.6 is 12.4 Å². The van der Waals surface area contributed by atoms with Crippen LogP contribution in [-0.4, -0.2) is 165 Å². The van der Waals surface area contributed by atoms with Crippen LogP contribution < -0.4 is 17.2 Å². The number of nitrogens with zero attached hydrogens (tertiary/aromatic N) is 2. The molecule has 21 heteroatoms. The summed E-state index contributed by atoms with van der Waals surface area (Å²) in [5.74, 6) is -5.41. The van der Waals surface area contributed by atoms with Crippen molar-refractivity contribution in [3.63, 3.8) is 0 Å². The molecule has 2 bridgehead atoms. The highest BCUT2D eigenvalue weighted by Gasteiger charge is 2.51. The van der Waals surface area contributed by atoms with Gasteiger partial charge in [0, 0.05) is 51.3 Å². The molecule has 0 unspecified atom stereocenters. The van der Waals surface area contributed by atoms with Gasteiger partial charge in [-0.3, -0.25) is 10.2 Å². The Morgan fingerprint density at radius 1 is 0.950 bits per heavy atom. The average Bonchev–Trinajstić information content (AvgIpc) is 3.90. The summed E-state index contributed by atoms with van der Waals surface area (Å²) in [6.45, 7) is 5.94. The summed E-state index contributed by atoms with van der Waals surface area (Å²) in [5, 5.41) is 71.4. The molecular formula is C39H61ClN6O14. The van der Waals surface area contributed by atoms with E-state index in [1.807, 2.05) is 6.08 Å².